The number of aliphatic hydroxyl groups is 1. The molecule has 14 heteroatoms. The number of cyclic esters (lactones) is 1. The minimum Gasteiger partial charge on any atom is -0.458 e. The van der Waals surface area contributed by atoms with Crippen LogP contribution in [0.2, 0.25) is 18.1 Å². The molecule has 2 aliphatic heterocycles. The van der Waals surface area contributed by atoms with Gasteiger partial charge in [0.1, 0.15) is 12.4 Å². The van der Waals surface area contributed by atoms with Crippen molar-refractivity contribution in [1.82, 2.24) is 25.7 Å². The third kappa shape index (κ3) is 7.02. The van der Waals surface area contributed by atoms with Crippen molar-refractivity contribution in [2.24, 2.45) is 0 Å². The van der Waals surface area contributed by atoms with Crippen LogP contribution in [0.4, 0.5) is 4.79 Å². The zero-order chi connectivity index (χ0) is 38.3. The highest BCUT2D eigenvalue weighted by atomic mass is 28.3. The van der Waals surface area contributed by atoms with E-state index in [1.807, 2.05) is 36.4 Å². The molecule has 2 amide bonds. The van der Waals surface area contributed by atoms with Gasteiger partial charge in [-0.2, -0.15) is 0 Å². The summed E-state index contributed by atoms with van der Waals surface area (Å²) < 4.78 is 12.9. The second kappa shape index (κ2) is 14.3. The van der Waals surface area contributed by atoms with Crippen molar-refractivity contribution in [2.75, 3.05) is 13.1 Å². The Morgan fingerprint density at radius 3 is 2.51 bits per heavy atom. The SMILES string of the molecule is CC[C@@]1(O)C(=O)OCc2c1cc1n(c2=O)Cc2cc3c([Si](C)(C)C(C)(C)C)c(OC(=O)NCCNCc4ccc(/C=C/C(=O)NO)cc4)ccc3nc2-1. The summed E-state index contributed by atoms with van der Waals surface area (Å²) in [5.74, 6) is -0.903. The number of nitrogens with zero attached hydrogens (tertiary/aromatic N) is 2. The molecule has 2 aliphatic rings. The molecule has 0 bridgehead atoms. The summed E-state index contributed by atoms with van der Waals surface area (Å²) in [6.07, 6.45) is 2.31. The third-order valence-electron chi connectivity index (χ3n) is 10.8. The number of nitrogens with one attached hydrogen (secondary N) is 3. The van der Waals surface area contributed by atoms with E-state index in [1.165, 1.54) is 6.08 Å². The molecule has 0 unspecified atom stereocenters. The number of rotatable bonds is 10. The van der Waals surface area contributed by atoms with E-state index in [0.717, 1.165) is 27.3 Å². The first kappa shape index (κ1) is 37.6. The number of hydroxylamine groups is 1. The van der Waals surface area contributed by atoms with E-state index in [4.69, 9.17) is 19.7 Å². The number of aromatic nitrogens is 2. The Morgan fingerprint density at radius 2 is 1.83 bits per heavy atom. The summed E-state index contributed by atoms with van der Waals surface area (Å²) >= 11 is 0. The molecule has 6 rings (SSSR count). The Bertz CT molecular complexity index is 2210. The summed E-state index contributed by atoms with van der Waals surface area (Å²) in [7, 11) is -2.38. The van der Waals surface area contributed by atoms with Gasteiger partial charge in [-0.3, -0.25) is 14.8 Å². The first-order chi connectivity index (χ1) is 25.1. The Labute approximate surface area is 308 Å². The predicted molar refractivity (Wildman–Crippen MR) is 202 cm³/mol. The molecular weight excluding hydrogens is 695 g/mol. The van der Waals surface area contributed by atoms with Crippen LogP contribution in [0.25, 0.3) is 28.4 Å². The maximum atomic E-state index is 13.7. The van der Waals surface area contributed by atoms with Gasteiger partial charge >= 0.3 is 12.1 Å². The molecular formula is C39H45N5O8Si. The van der Waals surface area contributed by atoms with Crippen molar-refractivity contribution in [3.8, 4) is 17.1 Å². The molecule has 2 aromatic heterocycles. The molecule has 4 heterocycles. The largest absolute Gasteiger partial charge is 0.458 e. The zero-order valence-electron chi connectivity index (χ0n) is 30.8. The fourth-order valence-electron chi connectivity index (χ4n) is 6.71. The summed E-state index contributed by atoms with van der Waals surface area (Å²) in [5, 5.41) is 27.7. The van der Waals surface area contributed by atoms with Gasteiger partial charge in [-0.1, -0.05) is 65.1 Å². The topological polar surface area (TPSA) is 181 Å². The second-order valence-corrected chi connectivity index (χ2v) is 20.3. The van der Waals surface area contributed by atoms with Crippen LogP contribution in [-0.2, 0) is 39.6 Å². The van der Waals surface area contributed by atoms with Gasteiger partial charge in [0.2, 0.25) is 0 Å². The number of hydrogen-bond donors (Lipinski definition) is 5. The van der Waals surface area contributed by atoms with E-state index < -0.39 is 31.6 Å². The van der Waals surface area contributed by atoms with E-state index in [1.54, 1.807) is 35.2 Å². The van der Waals surface area contributed by atoms with Crippen molar-refractivity contribution in [2.45, 2.75) is 77.5 Å². The van der Waals surface area contributed by atoms with Gasteiger partial charge < -0.3 is 29.8 Å². The summed E-state index contributed by atoms with van der Waals surface area (Å²) in [6, 6.07) is 14.9. The second-order valence-electron chi connectivity index (χ2n) is 15.0. The van der Waals surface area contributed by atoms with Crippen molar-refractivity contribution in [3.63, 3.8) is 0 Å². The molecule has 0 saturated heterocycles. The number of hydrogen-bond acceptors (Lipinski definition) is 10. The van der Waals surface area contributed by atoms with Crippen molar-refractivity contribution >= 4 is 48.2 Å². The predicted octanol–water partition coefficient (Wildman–Crippen LogP) is 4.19. The molecule has 0 saturated carbocycles. The van der Waals surface area contributed by atoms with Gasteiger partial charge in [0.25, 0.3) is 11.5 Å². The Balaban J connectivity index is 1.22. The summed E-state index contributed by atoms with van der Waals surface area (Å²) in [6.45, 7) is 14.2. The number of esters is 1. The van der Waals surface area contributed by atoms with E-state index in [-0.39, 0.29) is 41.3 Å². The van der Waals surface area contributed by atoms with Crippen LogP contribution in [0.15, 0.2) is 59.4 Å². The highest BCUT2D eigenvalue weighted by molar-refractivity contribution is 6.94. The molecule has 2 aromatic carbocycles. The third-order valence-corrected chi connectivity index (χ3v) is 16.3. The number of pyridine rings is 2. The molecule has 4 aromatic rings. The van der Waals surface area contributed by atoms with Crippen molar-refractivity contribution < 1.29 is 34.2 Å². The lowest BCUT2D eigenvalue weighted by molar-refractivity contribution is -0.172. The molecule has 5 N–H and O–H groups in total. The van der Waals surface area contributed by atoms with Crippen LogP contribution in [-0.4, -0.2) is 59.0 Å². The highest BCUT2D eigenvalue weighted by Gasteiger charge is 2.46. The Hall–Kier alpha value is -5.15. The first-order valence-corrected chi connectivity index (χ1v) is 20.6. The van der Waals surface area contributed by atoms with Gasteiger partial charge in [0.05, 0.1) is 37.1 Å². The molecule has 53 heavy (non-hydrogen) atoms. The molecule has 0 spiro atoms. The van der Waals surface area contributed by atoms with Gasteiger partial charge in [-0.15, -0.1) is 0 Å². The zero-order valence-corrected chi connectivity index (χ0v) is 31.8. The number of fused-ring (bicyclic) bond motifs is 5. The number of carbonyl (C=O) groups is 3. The van der Waals surface area contributed by atoms with Crippen LogP contribution in [0.5, 0.6) is 5.75 Å². The van der Waals surface area contributed by atoms with Crippen LogP contribution >= 0.6 is 0 Å². The molecule has 278 valence electrons. The maximum absolute atomic E-state index is 13.7. The molecule has 0 fully saturated rings. The van der Waals surface area contributed by atoms with E-state index in [9.17, 15) is 24.3 Å². The molecule has 0 radical (unpaired) electrons. The lowest BCUT2D eigenvalue weighted by Crippen LogP contribution is -2.51. The van der Waals surface area contributed by atoms with Gasteiger partial charge in [0, 0.05) is 42.2 Å². The Kier molecular flexibility index (Phi) is 10.2. The minimum atomic E-state index is -2.38. The van der Waals surface area contributed by atoms with E-state index in [2.05, 4.69) is 44.5 Å². The minimum absolute atomic E-state index is 0.0623. The maximum Gasteiger partial charge on any atom is 0.412 e. The average Bonchev–Trinajstić information content (AvgIpc) is 3.48. The molecule has 0 aliphatic carbocycles. The molecule has 13 nitrogen and oxygen atoms in total. The Morgan fingerprint density at radius 1 is 1.09 bits per heavy atom. The summed E-state index contributed by atoms with van der Waals surface area (Å²) in [5.41, 5.74) is 4.33. The van der Waals surface area contributed by atoms with Crippen LogP contribution in [0, 0.1) is 0 Å². The lowest BCUT2D eigenvalue weighted by Gasteiger charge is -2.38. The van der Waals surface area contributed by atoms with Crippen molar-refractivity contribution in [3.05, 3.63) is 92.8 Å². The quantitative estimate of drug-likeness (QED) is 0.0348. The van der Waals surface area contributed by atoms with Gasteiger partial charge in [0.15, 0.2) is 5.60 Å². The molecule has 1 atom stereocenters. The fourth-order valence-corrected chi connectivity index (χ4v) is 9.09. The lowest BCUT2D eigenvalue weighted by atomic mass is 9.86. The standard InChI is InChI=1S/C39H45N5O8Si/c1-7-39(49)28-19-30-33-25(21-44(30)35(46)27(28)22-51-36(39)47)18-26-29(42-33)13-14-31(34(26)53(5,6)38(2,3)4)52-37(48)41-17-16-40-20-24-10-8-23(9-11-24)12-15-32(45)43-50/h8-15,18-19,40,49-50H,7,16-17,20-22H2,1-6H3,(H,41,48)(H,43,45)/b15-12+/t39-/m0/s1. The number of ether oxygens (including phenoxy) is 2. The normalized spacial score (nSPS) is 16.6. The van der Waals surface area contributed by atoms with Gasteiger partial charge in [-0.25, -0.2) is 20.1 Å². The average molecular weight is 740 g/mol. The number of carbonyl (C=O) groups excluding carboxylic acids is 3. The van der Waals surface area contributed by atoms with Crippen LogP contribution in [0.3, 0.4) is 0 Å². The van der Waals surface area contributed by atoms with Crippen LogP contribution < -0.4 is 31.6 Å². The first-order valence-electron chi connectivity index (χ1n) is 17.6. The number of amides is 2. The highest BCUT2D eigenvalue weighted by Crippen LogP contribution is 2.42. The van der Waals surface area contributed by atoms with Gasteiger partial charge in [-0.05, 0) is 58.1 Å². The van der Waals surface area contributed by atoms with Crippen LogP contribution in [0.1, 0.15) is 61.9 Å². The number of benzene rings is 2. The van der Waals surface area contributed by atoms with Crippen molar-refractivity contribution in [1.29, 1.82) is 0 Å². The monoisotopic (exact) mass is 739 g/mol. The smallest absolute Gasteiger partial charge is 0.412 e. The van der Waals surface area contributed by atoms with E-state index in [0.29, 0.717) is 42.3 Å². The summed E-state index contributed by atoms with van der Waals surface area (Å²) in [4.78, 5) is 55.7. The fraction of sp³-hybridized carbons (Fsp3) is 0.359. The van der Waals surface area contributed by atoms with E-state index >= 15 is 0 Å².